The maximum absolute atomic E-state index is 13.3. The number of nitrogens with zero attached hydrogens (tertiary/aromatic N) is 3. The van der Waals surface area contributed by atoms with Crippen LogP contribution in [0.4, 0.5) is 11.6 Å². The van der Waals surface area contributed by atoms with Crippen LogP contribution in [-0.2, 0) is 11.3 Å². The maximum atomic E-state index is 13.3. The second-order valence-corrected chi connectivity index (χ2v) is 8.96. The summed E-state index contributed by atoms with van der Waals surface area (Å²) in [7, 11) is 0. The van der Waals surface area contributed by atoms with Gasteiger partial charge in [-0.3, -0.25) is 14.2 Å². The number of hydrogen-bond donors (Lipinski definition) is 1. The molecule has 2 aromatic carbocycles. The lowest BCUT2D eigenvalue weighted by molar-refractivity contribution is -0.120. The van der Waals surface area contributed by atoms with E-state index in [1.165, 1.54) is 11.3 Å². The first kappa shape index (κ1) is 20.5. The predicted molar refractivity (Wildman–Crippen MR) is 129 cm³/mol. The second-order valence-electron chi connectivity index (χ2n) is 8.04. The van der Waals surface area contributed by atoms with Gasteiger partial charge in [-0.15, -0.1) is 11.3 Å². The summed E-state index contributed by atoms with van der Waals surface area (Å²) in [5.74, 6) is 0.691. The maximum Gasteiger partial charge on any atom is 0.273 e. The highest BCUT2D eigenvalue weighted by Crippen LogP contribution is 2.26. The molecule has 0 bridgehead atoms. The lowest BCUT2D eigenvalue weighted by atomic mass is 9.96. The van der Waals surface area contributed by atoms with Crippen LogP contribution in [0.3, 0.4) is 0 Å². The average molecular weight is 445 g/mol. The number of anilines is 2. The van der Waals surface area contributed by atoms with Crippen molar-refractivity contribution >= 4 is 39.1 Å². The molecule has 2 aromatic heterocycles. The molecule has 7 heteroatoms. The molecule has 5 rings (SSSR count). The SMILES string of the molecule is O=C(Nc1ccccc1)C1CCN(c2nc3ccsc3c(=O)n2Cc2ccccc2)CC1. The summed E-state index contributed by atoms with van der Waals surface area (Å²) >= 11 is 1.43. The zero-order valence-electron chi connectivity index (χ0n) is 17.6. The summed E-state index contributed by atoms with van der Waals surface area (Å²) in [6, 6.07) is 21.4. The number of carbonyl (C=O) groups excluding carboxylic acids is 1. The molecular formula is C25H24N4O2S. The second kappa shape index (κ2) is 8.96. The molecule has 0 unspecified atom stereocenters. The van der Waals surface area contributed by atoms with Crippen LogP contribution in [0.25, 0.3) is 10.2 Å². The average Bonchev–Trinajstić information content (AvgIpc) is 3.31. The van der Waals surface area contributed by atoms with Gasteiger partial charge in [-0.05, 0) is 42.0 Å². The van der Waals surface area contributed by atoms with Gasteiger partial charge in [0, 0.05) is 24.7 Å². The summed E-state index contributed by atoms with van der Waals surface area (Å²) in [4.78, 5) is 33.0. The summed E-state index contributed by atoms with van der Waals surface area (Å²) in [5, 5.41) is 4.93. The van der Waals surface area contributed by atoms with Crippen molar-refractivity contribution in [3.05, 3.63) is 88.0 Å². The van der Waals surface area contributed by atoms with E-state index in [0.29, 0.717) is 30.3 Å². The number of benzene rings is 2. The first-order chi connectivity index (χ1) is 15.7. The largest absolute Gasteiger partial charge is 0.342 e. The van der Waals surface area contributed by atoms with Gasteiger partial charge >= 0.3 is 0 Å². The number of hydrogen-bond acceptors (Lipinski definition) is 5. The van der Waals surface area contributed by atoms with E-state index in [0.717, 1.165) is 29.6 Å². The Balaban J connectivity index is 1.37. The topological polar surface area (TPSA) is 67.2 Å². The highest BCUT2D eigenvalue weighted by atomic mass is 32.1. The molecule has 1 N–H and O–H groups in total. The van der Waals surface area contributed by atoms with E-state index in [4.69, 9.17) is 4.98 Å². The van der Waals surface area contributed by atoms with Crippen molar-refractivity contribution < 1.29 is 4.79 Å². The minimum Gasteiger partial charge on any atom is -0.342 e. The van der Waals surface area contributed by atoms with Gasteiger partial charge in [-0.2, -0.15) is 0 Å². The van der Waals surface area contributed by atoms with Gasteiger partial charge in [0.05, 0.1) is 12.1 Å². The fourth-order valence-electron chi connectivity index (χ4n) is 4.19. The Labute approximate surface area is 190 Å². The molecule has 1 amide bonds. The Kier molecular flexibility index (Phi) is 5.73. The minimum absolute atomic E-state index is 0.00667. The number of para-hydroxylation sites is 1. The van der Waals surface area contributed by atoms with Crippen LogP contribution in [0.5, 0.6) is 0 Å². The third-order valence-corrected chi connectivity index (χ3v) is 6.81. The number of thiophene rings is 1. The van der Waals surface area contributed by atoms with Crippen LogP contribution in [0.1, 0.15) is 18.4 Å². The van der Waals surface area contributed by atoms with Crippen molar-refractivity contribution in [1.82, 2.24) is 9.55 Å². The first-order valence-electron chi connectivity index (χ1n) is 10.8. The molecule has 1 saturated heterocycles. The molecule has 32 heavy (non-hydrogen) atoms. The standard InChI is InChI=1S/C25H24N4O2S/c30-23(26-20-9-5-2-6-10-20)19-11-14-28(15-12-19)25-27-21-13-16-32-22(21)24(31)29(25)17-18-7-3-1-4-8-18/h1-10,13,16,19H,11-12,14-15,17H2,(H,26,30). The van der Waals surface area contributed by atoms with Crippen LogP contribution in [0.2, 0.25) is 0 Å². The van der Waals surface area contributed by atoms with Crippen molar-refractivity contribution in [3.63, 3.8) is 0 Å². The van der Waals surface area contributed by atoms with Crippen molar-refractivity contribution in [2.24, 2.45) is 5.92 Å². The van der Waals surface area contributed by atoms with E-state index in [1.54, 1.807) is 4.57 Å². The van der Waals surface area contributed by atoms with E-state index in [-0.39, 0.29) is 17.4 Å². The third kappa shape index (κ3) is 4.16. The minimum atomic E-state index is -0.0503. The number of rotatable bonds is 5. The van der Waals surface area contributed by atoms with E-state index < -0.39 is 0 Å². The lowest BCUT2D eigenvalue weighted by Gasteiger charge is -2.33. The van der Waals surface area contributed by atoms with Gasteiger partial charge in [0.1, 0.15) is 4.70 Å². The van der Waals surface area contributed by atoms with Crippen molar-refractivity contribution in [3.8, 4) is 0 Å². The molecule has 1 fully saturated rings. The molecule has 6 nitrogen and oxygen atoms in total. The van der Waals surface area contributed by atoms with Crippen LogP contribution in [0.15, 0.2) is 76.9 Å². The van der Waals surface area contributed by atoms with Crippen LogP contribution < -0.4 is 15.8 Å². The number of piperidine rings is 1. The summed E-state index contributed by atoms with van der Waals surface area (Å²) in [6.45, 7) is 1.85. The van der Waals surface area contributed by atoms with Crippen LogP contribution in [-0.4, -0.2) is 28.5 Å². The van der Waals surface area contributed by atoms with E-state index in [1.807, 2.05) is 72.1 Å². The highest BCUT2D eigenvalue weighted by Gasteiger charge is 2.28. The summed E-state index contributed by atoms with van der Waals surface area (Å²) in [5.41, 5.74) is 2.61. The number of amides is 1. The zero-order chi connectivity index (χ0) is 21.9. The Bertz CT molecular complexity index is 1280. The van der Waals surface area contributed by atoms with E-state index in [9.17, 15) is 9.59 Å². The van der Waals surface area contributed by atoms with E-state index >= 15 is 0 Å². The lowest BCUT2D eigenvalue weighted by Crippen LogP contribution is -2.41. The normalized spacial score (nSPS) is 14.6. The van der Waals surface area contributed by atoms with Crippen molar-refractivity contribution in [2.75, 3.05) is 23.3 Å². The van der Waals surface area contributed by atoms with Gasteiger partial charge in [-0.25, -0.2) is 4.98 Å². The van der Waals surface area contributed by atoms with Gasteiger partial charge in [-0.1, -0.05) is 48.5 Å². The number of carbonyl (C=O) groups is 1. The number of nitrogens with one attached hydrogen (secondary N) is 1. The number of fused-ring (bicyclic) bond motifs is 1. The molecule has 0 aliphatic carbocycles. The molecule has 0 radical (unpaired) electrons. The van der Waals surface area contributed by atoms with Gasteiger partial charge < -0.3 is 10.2 Å². The molecule has 162 valence electrons. The molecular weight excluding hydrogens is 420 g/mol. The number of aromatic nitrogens is 2. The van der Waals surface area contributed by atoms with Gasteiger partial charge in [0.2, 0.25) is 11.9 Å². The van der Waals surface area contributed by atoms with Gasteiger partial charge in [0.15, 0.2) is 0 Å². The molecule has 0 atom stereocenters. The highest BCUT2D eigenvalue weighted by molar-refractivity contribution is 7.17. The van der Waals surface area contributed by atoms with Gasteiger partial charge in [0.25, 0.3) is 5.56 Å². The quantitative estimate of drug-likeness (QED) is 0.497. The fraction of sp³-hybridized carbons (Fsp3) is 0.240. The fourth-order valence-corrected chi connectivity index (χ4v) is 4.97. The third-order valence-electron chi connectivity index (χ3n) is 5.92. The molecule has 0 saturated carbocycles. The Morgan fingerprint density at radius 2 is 1.69 bits per heavy atom. The summed E-state index contributed by atoms with van der Waals surface area (Å²) in [6.07, 6.45) is 1.45. The first-order valence-corrected chi connectivity index (χ1v) is 11.7. The predicted octanol–water partition coefficient (Wildman–Crippen LogP) is 4.36. The van der Waals surface area contributed by atoms with Crippen molar-refractivity contribution in [2.45, 2.75) is 19.4 Å². The van der Waals surface area contributed by atoms with Crippen LogP contribution >= 0.6 is 11.3 Å². The molecule has 3 heterocycles. The van der Waals surface area contributed by atoms with Crippen LogP contribution in [0, 0.1) is 5.92 Å². The smallest absolute Gasteiger partial charge is 0.273 e. The molecule has 1 aliphatic rings. The zero-order valence-corrected chi connectivity index (χ0v) is 18.4. The summed E-state index contributed by atoms with van der Waals surface area (Å²) < 4.78 is 2.46. The monoisotopic (exact) mass is 444 g/mol. The Morgan fingerprint density at radius 1 is 1.00 bits per heavy atom. The Morgan fingerprint density at radius 3 is 2.41 bits per heavy atom. The molecule has 1 aliphatic heterocycles. The molecule has 0 spiro atoms. The van der Waals surface area contributed by atoms with Crippen molar-refractivity contribution in [1.29, 1.82) is 0 Å². The molecule has 4 aromatic rings. The van der Waals surface area contributed by atoms with E-state index in [2.05, 4.69) is 10.2 Å². The Hall–Kier alpha value is -3.45.